The molecule has 0 rings (SSSR count). The number of ether oxygens (including phenoxy) is 1. The first-order valence-corrected chi connectivity index (χ1v) is 6.64. The minimum atomic E-state index is -0.899. The molecule has 0 aliphatic carbocycles. The summed E-state index contributed by atoms with van der Waals surface area (Å²) in [5.74, 6) is -0.899. The molecule has 0 saturated carbocycles. The third-order valence-corrected chi connectivity index (χ3v) is 2.79. The highest BCUT2D eigenvalue weighted by molar-refractivity contribution is 5.75. The van der Waals surface area contributed by atoms with E-state index < -0.39 is 5.97 Å². The van der Waals surface area contributed by atoms with Crippen molar-refractivity contribution in [2.45, 2.75) is 46.3 Å². The smallest absolute Gasteiger partial charge is 0.320 e. The fourth-order valence-corrected chi connectivity index (χ4v) is 1.74. The van der Waals surface area contributed by atoms with E-state index in [1.165, 1.54) is 0 Å². The Labute approximate surface area is 115 Å². The molecule has 0 bridgehead atoms. The van der Waals surface area contributed by atoms with Crippen LogP contribution in [-0.4, -0.2) is 65.8 Å². The van der Waals surface area contributed by atoms with Gasteiger partial charge in [0, 0.05) is 26.2 Å². The van der Waals surface area contributed by atoms with E-state index in [0.717, 1.165) is 0 Å². The Balaban J connectivity index is 4.36. The van der Waals surface area contributed by atoms with Gasteiger partial charge in [-0.2, -0.15) is 0 Å². The van der Waals surface area contributed by atoms with Gasteiger partial charge in [-0.3, -0.25) is 4.79 Å². The molecule has 0 fully saturated rings. The topological polar surface area (TPSA) is 70.1 Å². The Bertz CT molecular complexity index is 294. The number of amides is 2. The first kappa shape index (κ1) is 17.7. The third-order valence-electron chi connectivity index (χ3n) is 2.79. The van der Waals surface area contributed by atoms with Gasteiger partial charge < -0.3 is 19.6 Å². The standard InChI is InChI=1S/C13H26N2O4/c1-6-15(11(4)9-12(16)17)13(18)14(5)7-8-19-10(2)3/h10-11H,6-9H2,1-5H3,(H,16,17). The van der Waals surface area contributed by atoms with E-state index in [4.69, 9.17) is 9.84 Å². The second-order valence-corrected chi connectivity index (χ2v) is 4.86. The van der Waals surface area contributed by atoms with Gasteiger partial charge in [-0.1, -0.05) is 0 Å². The molecule has 6 nitrogen and oxygen atoms in total. The quantitative estimate of drug-likeness (QED) is 0.730. The van der Waals surface area contributed by atoms with Gasteiger partial charge >= 0.3 is 12.0 Å². The molecule has 0 aromatic carbocycles. The number of hydrogen-bond acceptors (Lipinski definition) is 3. The highest BCUT2D eigenvalue weighted by Crippen LogP contribution is 2.07. The SMILES string of the molecule is CCN(C(=O)N(C)CCOC(C)C)C(C)CC(=O)O. The number of carbonyl (C=O) groups is 2. The molecule has 0 heterocycles. The summed E-state index contributed by atoms with van der Waals surface area (Å²) in [4.78, 5) is 26.0. The van der Waals surface area contributed by atoms with E-state index >= 15 is 0 Å². The Morgan fingerprint density at radius 2 is 1.84 bits per heavy atom. The van der Waals surface area contributed by atoms with Crippen LogP contribution in [0.1, 0.15) is 34.1 Å². The predicted octanol–water partition coefficient (Wildman–Crippen LogP) is 1.65. The van der Waals surface area contributed by atoms with Crippen LogP contribution in [0, 0.1) is 0 Å². The Morgan fingerprint density at radius 3 is 2.26 bits per heavy atom. The molecule has 112 valence electrons. The number of carboxylic acids is 1. The first-order valence-electron chi connectivity index (χ1n) is 6.64. The molecule has 1 atom stereocenters. The summed E-state index contributed by atoms with van der Waals surface area (Å²) in [6, 6.07) is -0.480. The maximum atomic E-state index is 12.2. The number of hydrogen-bond donors (Lipinski definition) is 1. The van der Waals surface area contributed by atoms with E-state index in [-0.39, 0.29) is 24.6 Å². The Morgan fingerprint density at radius 1 is 1.26 bits per heavy atom. The molecule has 2 amide bonds. The lowest BCUT2D eigenvalue weighted by molar-refractivity contribution is -0.138. The van der Waals surface area contributed by atoms with Gasteiger partial charge in [-0.15, -0.1) is 0 Å². The van der Waals surface area contributed by atoms with E-state index in [1.54, 1.807) is 23.8 Å². The average Bonchev–Trinajstić information content (AvgIpc) is 2.27. The zero-order valence-corrected chi connectivity index (χ0v) is 12.5. The molecule has 1 unspecified atom stereocenters. The number of rotatable bonds is 8. The van der Waals surface area contributed by atoms with Crippen LogP contribution in [0.25, 0.3) is 0 Å². The molecule has 19 heavy (non-hydrogen) atoms. The van der Waals surface area contributed by atoms with Gasteiger partial charge in [-0.05, 0) is 27.7 Å². The molecule has 0 aliphatic heterocycles. The molecule has 1 N–H and O–H groups in total. The van der Waals surface area contributed by atoms with Crippen molar-refractivity contribution in [3.05, 3.63) is 0 Å². The van der Waals surface area contributed by atoms with Gasteiger partial charge in [-0.25, -0.2) is 4.79 Å². The molecular formula is C13H26N2O4. The second kappa shape index (κ2) is 8.74. The van der Waals surface area contributed by atoms with Gasteiger partial charge in [0.05, 0.1) is 19.1 Å². The second-order valence-electron chi connectivity index (χ2n) is 4.86. The molecular weight excluding hydrogens is 248 g/mol. The molecule has 0 aliphatic rings. The average molecular weight is 274 g/mol. The molecule has 0 saturated heterocycles. The summed E-state index contributed by atoms with van der Waals surface area (Å²) in [7, 11) is 1.70. The highest BCUT2D eigenvalue weighted by atomic mass is 16.5. The minimum Gasteiger partial charge on any atom is -0.481 e. The lowest BCUT2D eigenvalue weighted by Crippen LogP contribution is -2.47. The molecule has 0 aromatic heterocycles. The number of carbonyl (C=O) groups excluding carboxylic acids is 1. The van der Waals surface area contributed by atoms with Crippen LogP contribution in [0.4, 0.5) is 4.79 Å². The number of carboxylic acid groups (broad SMARTS) is 1. The van der Waals surface area contributed by atoms with Crippen molar-refractivity contribution in [2.24, 2.45) is 0 Å². The van der Waals surface area contributed by atoms with Crippen molar-refractivity contribution in [3.63, 3.8) is 0 Å². The Kier molecular flexibility index (Phi) is 8.14. The Hall–Kier alpha value is -1.30. The number of aliphatic carboxylic acids is 1. The van der Waals surface area contributed by atoms with Gasteiger partial charge in [0.15, 0.2) is 0 Å². The summed E-state index contributed by atoms with van der Waals surface area (Å²) in [6.45, 7) is 8.92. The number of urea groups is 1. The monoisotopic (exact) mass is 274 g/mol. The first-order chi connectivity index (χ1) is 8.79. The molecule has 0 radical (unpaired) electrons. The van der Waals surface area contributed by atoms with Crippen molar-refractivity contribution in [1.29, 1.82) is 0 Å². The van der Waals surface area contributed by atoms with Gasteiger partial charge in [0.25, 0.3) is 0 Å². The normalized spacial score (nSPS) is 12.3. The molecule has 6 heteroatoms. The van der Waals surface area contributed by atoms with Crippen LogP contribution in [0.3, 0.4) is 0 Å². The maximum Gasteiger partial charge on any atom is 0.320 e. The minimum absolute atomic E-state index is 0.0457. The van der Waals surface area contributed by atoms with Crippen LogP contribution in [0.2, 0.25) is 0 Å². The molecule has 0 spiro atoms. The lowest BCUT2D eigenvalue weighted by atomic mass is 10.2. The van der Waals surface area contributed by atoms with Crippen LogP contribution >= 0.6 is 0 Å². The van der Waals surface area contributed by atoms with Crippen molar-refractivity contribution < 1.29 is 19.4 Å². The summed E-state index contributed by atoms with van der Waals surface area (Å²) < 4.78 is 5.39. The largest absolute Gasteiger partial charge is 0.481 e. The van der Waals surface area contributed by atoms with E-state index in [0.29, 0.717) is 19.7 Å². The summed E-state index contributed by atoms with van der Waals surface area (Å²) >= 11 is 0. The zero-order chi connectivity index (χ0) is 15.0. The number of likely N-dealkylation sites (N-methyl/N-ethyl adjacent to an activating group) is 1. The van der Waals surface area contributed by atoms with Crippen molar-refractivity contribution >= 4 is 12.0 Å². The van der Waals surface area contributed by atoms with Gasteiger partial charge in [0.2, 0.25) is 0 Å². The van der Waals surface area contributed by atoms with E-state index in [2.05, 4.69) is 0 Å². The van der Waals surface area contributed by atoms with Crippen molar-refractivity contribution in [2.75, 3.05) is 26.7 Å². The maximum absolute atomic E-state index is 12.2. The third kappa shape index (κ3) is 7.00. The summed E-state index contributed by atoms with van der Waals surface area (Å²) in [5, 5.41) is 8.78. The van der Waals surface area contributed by atoms with E-state index in [1.807, 2.05) is 20.8 Å². The van der Waals surface area contributed by atoms with Crippen LogP contribution in [0.5, 0.6) is 0 Å². The van der Waals surface area contributed by atoms with Crippen LogP contribution < -0.4 is 0 Å². The van der Waals surface area contributed by atoms with Crippen LogP contribution in [0.15, 0.2) is 0 Å². The summed E-state index contributed by atoms with van der Waals surface area (Å²) in [5.41, 5.74) is 0. The highest BCUT2D eigenvalue weighted by Gasteiger charge is 2.23. The number of nitrogens with zero attached hydrogens (tertiary/aromatic N) is 2. The lowest BCUT2D eigenvalue weighted by Gasteiger charge is -2.31. The fourth-order valence-electron chi connectivity index (χ4n) is 1.74. The van der Waals surface area contributed by atoms with Gasteiger partial charge in [0.1, 0.15) is 0 Å². The predicted molar refractivity (Wildman–Crippen MR) is 73.2 cm³/mol. The molecule has 0 aromatic rings. The summed E-state index contributed by atoms with van der Waals surface area (Å²) in [6.07, 6.45) is 0.0901. The van der Waals surface area contributed by atoms with Crippen molar-refractivity contribution in [3.8, 4) is 0 Å². The van der Waals surface area contributed by atoms with Crippen LogP contribution in [-0.2, 0) is 9.53 Å². The zero-order valence-electron chi connectivity index (χ0n) is 12.5. The van der Waals surface area contributed by atoms with Crippen molar-refractivity contribution in [1.82, 2.24) is 9.80 Å². The van der Waals surface area contributed by atoms with E-state index in [9.17, 15) is 9.59 Å². The fraction of sp³-hybridized carbons (Fsp3) is 0.846.